The van der Waals surface area contributed by atoms with E-state index in [-0.39, 0.29) is 54.8 Å². The number of amides is 5. The van der Waals surface area contributed by atoms with Crippen molar-refractivity contribution in [1.29, 1.82) is 0 Å². The van der Waals surface area contributed by atoms with Gasteiger partial charge in [0, 0.05) is 38.0 Å². The quantitative estimate of drug-likeness (QED) is 0.0912. The Hall–Kier alpha value is -3.63. The number of fused-ring (bicyclic) bond motifs is 1. The molecule has 282 valence electrons. The summed E-state index contributed by atoms with van der Waals surface area (Å²) in [4.78, 5) is 91.0. The SMILES string of the molecule is CCCCSC(NC(=O)[C@@H]1[C@H]2CC[C@@H](OCOC)[C@H]2CN1C(=O)[C@@H](NC(=O)[C@H](NC(=O)c1cnccn1)C(C)C)C(C)C)C(=O)C(=O)NC1CC1. The zero-order valence-electron chi connectivity index (χ0n) is 30.4. The molecule has 1 aliphatic heterocycles. The molecule has 16 heteroatoms. The number of nitrogens with one attached hydrogen (secondary N) is 4. The highest BCUT2D eigenvalue weighted by Gasteiger charge is 2.55. The number of ether oxygens (including phenoxy) is 2. The van der Waals surface area contributed by atoms with E-state index in [0.717, 1.165) is 25.7 Å². The van der Waals surface area contributed by atoms with Crippen LogP contribution in [0.5, 0.6) is 0 Å². The molecule has 4 rings (SSSR count). The van der Waals surface area contributed by atoms with Crippen LogP contribution in [0.3, 0.4) is 0 Å². The lowest BCUT2D eigenvalue weighted by atomic mass is 9.92. The zero-order valence-corrected chi connectivity index (χ0v) is 31.2. The van der Waals surface area contributed by atoms with Gasteiger partial charge in [0.15, 0.2) is 0 Å². The van der Waals surface area contributed by atoms with E-state index in [0.29, 0.717) is 18.6 Å². The van der Waals surface area contributed by atoms with Gasteiger partial charge in [-0.15, -0.1) is 11.8 Å². The van der Waals surface area contributed by atoms with Crippen LogP contribution in [0, 0.1) is 23.7 Å². The molecular formula is C35H53N7O8S. The summed E-state index contributed by atoms with van der Waals surface area (Å²) in [6.07, 6.45) is 8.38. The average molecular weight is 732 g/mol. The molecule has 15 nitrogen and oxygen atoms in total. The van der Waals surface area contributed by atoms with Crippen LogP contribution in [0.15, 0.2) is 18.6 Å². The van der Waals surface area contributed by atoms with Crippen molar-refractivity contribution in [1.82, 2.24) is 36.1 Å². The predicted octanol–water partition coefficient (Wildman–Crippen LogP) is 1.42. The Bertz CT molecular complexity index is 1400. The van der Waals surface area contributed by atoms with Crippen molar-refractivity contribution >= 4 is 47.1 Å². The molecule has 0 bridgehead atoms. The van der Waals surface area contributed by atoms with Crippen LogP contribution in [-0.4, -0.2) is 112 Å². The maximum absolute atomic E-state index is 14.5. The van der Waals surface area contributed by atoms with Gasteiger partial charge >= 0.3 is 0 Å². The normalized spacial score (nSPS) is 22.9. The highest BCUT2D eigenvalue weighted by molar-refractivity contribution is 8.00. The van der Waals surface area contributed by atoms with Gasteiger partial charge in [0.2, 0.25) is 17.7 Å². The molecule has 2 saturated carbocycles. The molecule has 2 aliphatic carbocycles. The molecule has 5 amide bonds. The third kappa shape index (κ3) is 10.5. The molecule has 1 aromatic rings. The molecule has 0 spiro atoms. The molecule has 3 aliphatic rings. The maximum Gasteiger partial charge on any atom is 0.290 e. The number of carbonyl (C=O) groups excluding carboxylic acids is 6. The van der Waals surface area contributed by atoms with Crippen molar-refractivity contribution in [3.63, 3.8) is 0 Å². The van der Waals surface area contributed by atoms with E-state index in [2.05, 4.69) is 31.2 Å². The molecule has 7 atom stereocenters. The van der Waals surface area contributed by atoms with Crippen molar-refractivity contribution in [3.05, 3.63) is 24.3 Å². The number of hydrogen-bond donors (Lipinski definition) is 4. The number of hydrogen-bond acceptors (Lipinski definition) is 11. The highest BCUT2D eigenvalue weighted by Crippen LogP contribution is 2.44. The van der Waals surface area contributed by atoms with E-state index in [9.17, 15) is 28.8 Å². The standard InChI is InChI=1S/C35H53N7O8S/c1-7-8-15-51-34(29(43)33(47)38-21-9-10-21)41-32(46)28-22-11-12-25(50-18-49-6)23(22)17-42(28)35(48)27(20(4)5)40-31(45)26(19(2)3)39-30(44)24-16-36-13-14-37-24/h13-14,16,19-23,25-28,34H,7-12,15,17-18H2,1-6H3,(H,38,47)(H,39,44)(H,40,45)(H,41,46)/t22-,23-,25+,26+,27-,28-,34?/m0/s1. The van der Waals surface area contributed by atoms with Crippen molar-refractivity contribution in [2.45, 2.75) is 109 Å². The fraction of sp³-hybridized carbons (Fsp3) is 0.714. The van der Waals surface area contributed by atoms with Crippen LogP contribution in [-0.2, 0) is 33.4 Å². The fourth-order valence-corrected chi connectivity index (χ4v) is 7.80. The predicted molar refractivity (Wildman–Crippen MR) is 189 cm³/mol. The number of Topliss-reactive ketones (excluding diaryl/α,β-unsaturated/α-hetero) is 1. The fourth-order valence-electron chi connectivity index (χ4n) is 6.65. The molecule has 1 saturated heterocycles. The van der Waals surface area contributed by atoms with Crippen LogP contribution in [0.25, 0.3) is 0 Å². The zero-order chi connectivity index (χ0) is 37.2. The summed E-state index contributed by atoms with van der Waals surface area (Å²) in [5.74, 6) is -4.25. The Morgan fingerprint density at radius 1 is 0.941 bits per heavy atom. The van der Waals surface area contributed by atoms with Crippen molar-refractivity contribution < 1.29 is 38.2 Å². The van der Waals surface area contributed by atoms with Crippen LogP contribution in [0.1, 0.15) is 83.6 Å². The summed E-state index contributed by atoms with van der Waals surface area (Å²) in [6.45, 7) is 9.39. The minimum absolute atomic E-state index is 0.0246. The summed E-state index contributed by atoms with van der Waals surface area (Å²) in [7, 11) is 1.52. The van der Waals surface area contributed by atoms with E-state index in [1.54, 1.807) is 27.7 Å². The largest absolute Gasteiger partial charge is 0.359 e. The van der Waals surface area contributed by atoms with E-state index >= 15 is 0 Å². The van der Waals surface area contributed by atoms with E-state index < -0.39 is 58.8 Å². The van der Waals surface area contributed by atoms with E-state index in [4.69, 9.17) is 9.47 Å². The number of aromatic nitrogens is 2. The maximum atomic E-state index is 14.5. The van der Waals surface area contributed by atoms with Crippen LogP contribution in [0.4, 0.5) is 0 Å². The third-order valence-electron chi connectivity index (χ3n) is 9.60. The van der Waals surface area contributed by atoms with Gasteiger partial charge in [0.25, 0.3) is 17.6 Å². The topological polar surface area (TPSA) is 198 Å². The number of unbranched alkanes of at least 4 members (excludes halogenated alkanes) is 1. The molecule has 2 heterocycles. The summed E-state index contributed by atoms with van der Waals surface area (Å²) in [5.41, 5.74) is 0.0461. The lowest BCUT2D eigenvalue weighted by molar-refractivity contribution is -0.144. The average Bonchev–Trinajstić information content (AvgIpc) is 3.71. The Morgan fingerprint density at radius 3 is 2.27 bits per heavy atom. The molecular weight excluding hydrogens is 678 g/mol. The first-order valence-electron chi connectivity index (χ1n) is 17.9. The third-order valence-corrected chi connectivity index (χ3v) is 10.8. The van der Waals surface area contributed by atoms with Gasteiger partial charge in [-0.3, -0.25) is 33.8 Å². The van der Waals surface area contributed by atoms with Crippen LogP contribution in [0.2, 0.25) is 0 Å². The Morgan fingerprint density at radius 2 is 1.67 bits per heavy atom. The minimum Gasteiger partial charge on any atom is -0.359 e. The molecule has 1 aromatic heterocycles. The van der Waals surface area contributed by atoms with Gasteiger partial charge in [0.1, 0.15) is 36.0 Å². The summed E-state index contributed by atoms with van der Waals surface area (Å²) in [5, 5.41) is 10.0. The smallest absolute Gasteiger partial charge is 0.290 e. The molecule has 0 aromatic carbocycles. The summed E-state index contributed by atoms with van der Waals surface area (Å²) < 4.78 is 11.1. The molecule has 4 N–H and O–H groups in total. The van der Waals surface area contributed by atoms with Crippen molar-refractivity contribution in [2.24, 2.45) is 23.7 Å². The summed E-state index contributed by atoms with van der Waals surface area (Å²) >= 11 is 1.21. The Balaban J connectivity index is 1.57. The number of methoxy groups -OCH3 is 1. The van der Waals surface area contributed by atoms with Gasteiger partial charge in [-0.2, -0.15) is 0 Å². The first-order valence-corrected chi connectivity index (χ1v) is 19.0. The second-order valence-electron chi connectivity index (χ2n) is 14.2. The van der Waals surface area contributed by atoms with Gasteiger partial charge in [-0.25, -0.2) is 4.98 Å². The van der Waals surface area contributed by atoms with Gasteiger partial charge < -0.3 is 35.6 Å². The van der Waals surface area contributed by atoms with E-state index in [1.165, 1.54) is 42.4 Å². The molecule has 0 radical (unpaired) electrons. The number of carbonyl (C=O) groups is 6. The minimum atomic E-state index is -1.12. The first-order chi connectivity index (χ1) is 24.4. The van der Waals surface area contributed by atoms with Crippen LogP contribution >= 0.6 is 11.8 Å². The van der Waals surface area contributed by atoms with E-state index in [1.807, 2.05) is 6.92 Å². The molecule has 3 fully saturated rings. The second kappa shape index (κ2) is 18.7. The lowest BCUT2D eigenvalue weighted by Gasteiger charge is -2.34. The molecule has 51 heavy (non-hydrogen) atoms. The Labute approximate surface area is 303 Å². The number of ketones is 1. The monoisotopic (exact) mass is 731 g/mol. The number of rotatable bonds is 19. The Kier molecular flexibility index (Phi) is 14.8. The summed E-state index contributed by atoms with van der Waals surface area (Å²) in [6, 6.07) is -3.03. The first kappa shape index (κ1) is 40.1. The highest BCUT2D eigenvalue weighted by atomic mass is 32.2. The lowest BCUT2D eigenvalue weighted by Crippen LogP contribution is -2.60. The second-order valence-corrected chi connectivity index (χ2v) is 15.4. The van der Waals surface area contributed by atoms with Crippen molar-refractivity contribution in [3.8, 4) is 0 Å². The van der Waals surface area contributed by atoms with Crippen molar-refractivity contribution in [2.75, 3.05) is 26.2 Å². The van der Waals surface area contributed by atoms with Gasteiger partial charge in [-0.05, 0) is 55.6 Å². The van der Waals surface area contributed by atoms with Gasteiger partial charge in [0.05, 0.1) is 12.3 Å². The van der Waals surface area contributed by atoms with Crippen LogP contribution < -0.4 is 21.3 Å². The molecule has 1 unspecified atom stereocenters. The number of nitrogens with zero attached hydrogens (tertiary/aromatic N) is 3. The number of thioether (sulfide) groups is 1. The number of likely N-dealkylation sites (tertiary alicyclic amines) is 1. The van der Waals surface area contributed by atoms with Gasteiger partial charge in [-0.1, -0.05) is 41.0 Å².